The van der Waals surface area contributed by atoms with Gasteiger partial charge in [0.05, 0.1) is 5.92 Å². The standard InChI is InChI=1S/C17H21N5O4/c1-12-10-14(20-26-12)17(25)22-8-6-21(7-9-22)5-4-18-16(24)13-2-3-15(23)19-11-13/h2-3,10-11,13H,4-9H2,1H3,(H,18,24). The van der Waals surface area contributed by atoms with Gasteiger partial charge in [0, 0.05) is 57.6 Å². The Morgan fingerprint density at radius 1 is 1.31 bits per heavy atom. The summed E-state index contributed by atoms with van der Waals surface area (Å²) in [7, 11) is 0. The maximum Gasteiger partial charge on any atom is 0.276 e. The lowest BCUT2D eigenvalue weighted by Crippen LogP contribution is -2.50. The van der Waals surface area contributed by atoms with Crippen LogP contribution >= 0.6 is 0 Å². The molecule has 3 rings (SSSR count). The number of hydrogen-bond acceptors (Lipinski definition) is 6. The van der Waals surface area contributed by atoms with Crippen molar-refractivity contribution in [1.29, 1.82) is 0 Å². The minimum absolute atomic E-state index is 0.118. The van der Waals surface area contributed by atoms with Crippen LogP contribution in [0.2, 0.25) is 0 Å². The van der Waals surface area contributed by atoms with Crippen molar-refractivity contribution in [3.63, 3.8) is 0 Å². The highest BCUT2D eigenvalue weighted by atomic mass is 16.5. The van der Waals surface area contributed by atoms with Crippen molar-refractivity contribution < 1.29 is 18.9 Å². The number of carbonyl (C=O) groups excluding carboxylic acids is 3. The third kappa shape index (κ3) is 4.42. The van der Waals surface area contributed by atoms with Crippen LogP contribution in [-0.4, -0.2) is 78.2 Å². The summed E-state index contributed by atoms with van der Waals surface area (Å²) in [5, 5.41) is 6.60. The number of hydrogen-bond donors (Lipinski definition) is 1. The molecule has 0 aromatic carbocycles. The summed E-state index contributed by atoms with van der Waals surface area (Å²) in [6.45, 7) is 5.64. The number of piperazine rings is 1. The molecule has 1 aromatic rings. The number of amides is 3. The van der Waals surface area contributed by atoms with Crippen molar-refractivity contribution in [2.24, 2.45) is 10.9 Å². The van der Waals surface area contributed by atoms with E-state index in [1.165, 1.54) is 12.3 Å². The van der Waals surface area contributed by atoms with Crippen molar-refractivity contribution in [3.8, 4) is 0 Å². The zero-order valence-corrected chi connectivity index (χ0v) is 14.6. The van der Waals surface area contributed by atoms with Crippen LogP contribution in [0, 0.1) is 12.8 Å². The Bertz CT molecular complexity index is 730. The summed E-state index contributed by atoms with van der Waals surface area (Å²) in [6, 6.07) is 1.64. The van der Waals surface area contributed by atoms with E-state index in [-0.39, 0.29) is 17.7 Å². The monoisotopic (exact) mass is 359 g/mol. The van der Waals surface area contributed by atoms with E-state index in [1.54, 1.807) is 24.0 Å². The zero-order valence-electron chi connectivity index (χ0n) is 14.6. The van der Waals surface area contributed by atoms with E-state index >= 15 is 0 Å². The van der Waals surface area contributed by atoms with Crippen LogP contribution in [0.4, 0.5) is 0 Å². The molecule has 1 N–H and O–H groups in total. The van der Waals surface area contributed by atoms with E-state index in [9.17, 15) is 14.4 Å². The van der Waals surface area contributed by atoms with Gasteiger partial charge in [-0.2, -0.15) is 0 Å². The molecule has 2 aliphatic heterocycles. The second kappa shape index (κ2) is 8.05. The van der Waals surface area contributed by atoms with Gasteiger partial charge in [-0.3, -0.25) is 19.3 Å². The molecule has 0 aliphatic carbocycles. The summed E-state index contributed by atoms with van der Waals surface area (Å²) in [4.78, 5) is 42.8. The Morgan fingerprint density at radius 3 is 2.69 bits per heavy atom. The summed E-state index contributed by atoms with van der Waals surface area (Å²) in [6.07, 6.45) is 4.20. The van der Waals surface area contributed by atoms with Crippen LogP contribution in [0.3, 0.4) is 0 Å². The number of dihydropyridines is 1. The predicted octanol–water partition coefficient (Wildman–Crippen LogP) is -0.360. The molecule has 0 saturated carbocycles. The molecule has 1 unspecified atom stereocenters. The largest absolute Gasteiger partial charge is 0.361 e. The maximum absolute atomic E-state index is 12.3. The van der Waals surface area contributed by atoms with Crippen LogP contribution < -0.4 is 5.32 Å². The fraction of sp³-hybridized carbons (Fsp3) is 0.471. The lowest BCUT2D eigenvalue weighted by atomic mass is 10.1. The fourth-order valence-corrected chi connectivity index (χ4v) is 2.85. The molecule has 2 aliphatic rings. The molecule has 138 valence electrons. The van der Waals surface area contributed by atoms with Gasteiger partial charge in [-0.05, 0) is 6.92 Å². The zero-order chi connectivity index (χ0) is 18.5. The highest BCUT2D eigenvalue weighted by Gasteiger charge is 2.24. The number of rotatable bonds is 5. The van der Waals surface area contributed by atoms with Crippen LogP contribution in [0.5, 0.6) is 0 Å². The number of nitrogens with one attached hydrogen (secondary N) is 1. The fourth-order valence-electron chi connectivity index (χ4n) is 2.85. The van der Waals surface area contributed by atoms with Gasteiger partial charge in [-0.1, -0.05) is 11.2 Å². The first-order valence-electron chi connectivity index (χ1n) is 8.52. The number of aliphatic imine (C=N–C) groups is 1. The normalized spacial score (nSPS) is 20.4. The van der Waals surface area contributed by atoms with Crippen molar-refractivity contribution in [2.45, 2.75) is 6.92 Å². The molecule has 3 heterocycles. The van der Waals surface area contributed by atoms with Crippen LogP contribution in [0.15, 0.2) is 27.7 Å². The molecule has 1 fully saturated rings. The van der Waals surface area contributed by atoms with Crippen LogP contribution in [0.25, 0.3) is 0 Å². The van der Waals surface area contributed by atoms with Gasteiger partial charge in [-0.15, -0.1) is 0 Å². The Labute approximate surface area is 150 Å². The SMILES string of the molecule is Cc1cc(C(=O)N2CCN(CCNC(=O)C3C=CC(=O)N=C3)CC2)no1. The molecule has 1 saturated heterocycles. The van der Waals surface area contributed by atoms with Crippen molar-refractivity contribution in [2.75, 3.05) is 39.3 Å². The van der Waals surface area contributed by atoms with Crippen molar-refractivity contribution >= 4 is 23.9 Å². The van der Waals surface area contributed by atoms with Gasteiger partial charge >= 0.3 is 0 Å². The molecular weight excluding hydrogens is 338 g/mol. The lowest BCUT2D eigenvalue weighted by Gasteiger charge is -2.34. The van der Waals surface area contributed by atoms with Crippen molar-refractivity contribution in [3.05, 3.63) is 29.7 Å². The number of carbonyl (C=O) groups is 3. The third-order valence-corrected chi connectivity index (χ3v) is 4.35. The summed E-state index contributed by atoms with van der Waals surface area (Å²) >= 11 is 0. The van der Waals surface area contributed by atoms with Gasteiger partial charge in [0.2, 0.25) is 5.91 Å². The minimum Gasteiger partial charge on any atom is -0.361 e. The van der Waals surface area contributed by atoms with Crippen LogP contribution in [-0.2, 0) is 9.59 Å². The van der Waals surface area contributed by atoms with Gasteiger partial charge in [0.25, 0.3) is 11.8 Å². The van der Waals surface area contributed by atoms with E-state index in [0.29, 0.717) is 37.6 Å². The number of nitrogens with zero attached hydrogens (tertiary/aromatic N) is 4. The molecule has 9 nitrogen and oxygen atoms in total. The average Bonchev–Trinajstić information content (AvgIpc) is 3.08. The lowest BCUT2D eigenvalue weighted by molar-refractivity contribution is -0.121. The predicted molar refractivity (Wildman–Crippen MR) is 92.7 cm³/mol. The quantitative estimate of drug-likeness (QED) is 0.769. The van der Waals surface area contributed by atoms with Crippen molar-refractivity contribution in [1.82, 2.24) is 20.3 Å². The van der Waals surface area contributed by atoms with E-state index in [1.807, 2.05) is 0 Å². The molecule has 26 heavy (non-hydrogen) atoms. The Hall–Kier alpha value is -2.81. The van der Waals surface area contributed by atoms with E-state index in [4.69, 9.17) is 4.52 Å². The summed E-state index contributed by atoms with van der Waals surface area (Å²) in [5.41, 5.74) is 0.337. The Morgan fingerprint density at radius 2 is 2.08 bits per heavy atom. The van der Waals surface area contributed by atoms with E-state index in [0.717, 1.165) is 13.1 Å². The van der Waals surface area contributed by atoms with Gasteiger partial charge in [0.1, 0.15) is 5.76 Å². The average molecular weight is 359 g/mol. The molecule has 0 radical (unpaired) electrons. The Balaban J connectivity index is 1.37. The third-order valence-electron chi connectivity index (χ3n) is 4.35. The van der Waals surface area contributed by atoms with E-state index in [2.05, 4.69) is 20.4 Å². The maximum atomic E-state index is 12.3. The first-order valence-corrected chi connectivity index (χ1v) is 8.52. The summed E-state index contributed by atoms with van der Waals surface area (Å²) < 4.78 is 4.95. The summed E-state index contributed by atoms with van der Waals surface area (Å²) in [5.74, 6) is -0.513. The van der Waals surface area contributed by atoms with Crippen LogP contribution in [0.1, 0.15) is 16.2 Å². The highest BCUT2D eigenvalue weighted by Crippen LogP contribution is 2.09. The Kier molecular flexibility index (Phi) is 5.57. The van der Waals surface area contributed by atoms with Gasteiger partial charge < -0.3 is 14.7 Å². The molecular formula is C17H21N5O4. The topological polar surface area (TPSA) is 108 Å². The molecule has 0 spiro atoms. The van der Waals surface area contributed by atoms with Gasteiger partial charge in [0.15, 0.2) is 5.69 Å². The molecule has 1 atom stereocenters. The smallest absolute Gasteiger partial charge is 0.276 e. The first-order chi connectivity index (χ1) is 12.5. The number of aromatic nitrogens is 1. The van der Waals surface area contributed by atoms with E-state index < -0.39 is 5.92 Å². The number of aryl methyl sites for hydroxylation is 1. The second-order valence-electron chi connectivity index (χ2n) is 6.25. The minimum atomic E-state index is -0.493. The first kappa shape index (κ1) is 18.0. The molecule has 1 aromatic heterocycles. The molecule has 9 heteroatoms. The second-order valence-corrected chi connectivity index (χ2v) is 6.25. The highest BCUT2D eigenvalue weighted by molar-refractivity contribution is 6.05. The molecule has 3 amide bonds. The molecule has 0 bridgehead atoms. The van der Waals surface area contributed by atoms with Gasteiger partial charge in [-0.25, -0.2) is 4.99 Å².